The van der Waals surface area contributed by atoms with E-state index in [2.05, 4.69) is 4.98 Å². The molecule has 1 heterocycles. The lowest BCUT2D eigenvalue weighted by molar-refractivity contribution is 0.341. The van der Waals surface area contributed by atoms with Gasteiger partial charge in [-0.3, -0.25) is 4.79 Å². The summed E-state index contributed by atoms with van der Waals surface area (Å²) in [4.78, 5) is 14.3. The first kappa shape index (κ1) is 10.5. The number of aromatic nitrogens is 1. The SMILES string of the molecule is CCOc1ccccc1-c1cc(=O)cc[nH]1. The topological polar surface area (TPSA) is 42.1 Å². The van der Waals surface area contributed by atoms with Gasteiger partial charge in [-0.2, -0.15) is 0 Å². The summed E-state index contributed by atoms with van der Waals surface area (Å²) in [5, 5.41) is 0. The van der Waals surface area contributed by atoms with Crippen LogP contribution in [0.2, 0.25) is 0 Å². The molecular formula is C13H13NO2. The standard InChI is InChI=1S/C13H13NO2/c1-2-16-13-6-4-3-5-11(13)12-9-10(15)7-8-14-12/h3-9H,2H2,1H3,(H,14,15). The molecule has 3 heteroatoms. The summed E-state index contributed by atoms with van der Waals surface area (Å²) in [6.07, 6.45) is 1.64. The minimum atomic E-state index is -0.0138. The average Bonchev–Trinajstić information content (AvgIpc) is 2.30. The molecule has 0 unspecified atom stereocenters. The fraction of sp³-hybridized carbons (Fsp3) is 0.154. The van der Waals surface area contributed by atoms with Crippen molar-refractivity contribution < 1.29 is 4.74 Å². The van der Waals surface area contributed by atoms with Gasteiger partial charge in [0.05, 0.1) is 12.3 Å². The van der Waals surface area contributed by atoms with Crippen molar-refractivity contribution in [1.29, 1.82) is 0 Å². The summed E-state index contributed by atoms with van der Waals surface area (Å²) < 4.78 is 5.51. The van der Waals surface area contributed by atoms with Crippen molar-refractivity contribution >= 4 is 0 Å². The molecule has 0 aliphatic carbocycles. The Morgan fingerprint density at radius 2 is 2.06 bits per heavy atom. The van der Waals surface area contributed by atoms with Gasteiger partial charge in [-0.05, 0) is 19.1 Å². The van der Waals surface area contributed by atoms with Gasteiger partial charge in [-0.1, -0.05) is 12.1 Å². The molecule has 1 aromatic heterocycles. The fourth-order valence-corrected chi connectivity index (χ4v) is 1.57. The van der Waals surface area contributed by atoms with Crippen LogP contribution >= 0.6 is 0 Å². The molecule has 0 saturated carbocycles. The molecule has 0 amide bonds. The van der Waals surface area contributed by atoms with Crippen LogP contribution in [0, 0.1) is 0 Å². The molecule has 2 aromatic rings. The van der Waals surface area contributed by atoms with E-state index in [1.54, 1.807) is 12.3 Å². The van der Waals surface area contributed by atoms with E-state index in [1.807, 2.05) is 31.2 Å². The van der Waals surface area contributed by atoms with Crippen molar-refractivity contribution in [1.82, 2.24) is 4.98 Å². The first-order valence-electron chi connectivity index (χ1n) is 5.22. The van der Waals surface area contributed by atoms with Crippen LogP contribution in [0.4, 0.5) is 0 Å². The quantitative estimate of drug-likeness (QED) is 0.854. The molecule has 0 aliphatic heterocycles. The van der Waals surface area contributed by atoms with E-state index in [4.69, 9.17) is 4.74 Å². The van der Waals surface area contributed by atoms with Gasteiger partial charge < -0.3 is 9.72 Å². The molecule has 1 aromatic carbocycles. The Labute approximate surface area is 93.7 Å². The number of nitrogens with one attached hydrogen (secondary N) is 1. The van der Waals surface area contributed by atoms with Gasteiger partial charge >= 0.3 is 0 Å². The number of rotatable bonds is 3. The molecule has 3 nitrogen and oxygen atoms in total. The molecule has 0 radical (unpaired) electrons. The fourth-order valence-electron chi connectivity index (χ4n) is 1.57. The van der Waals surface area contributed by atoms with Gasteiger partial charge in [0.25, 0.3) is 0 Å². The van der Waals surface area contributed by atoms with Crippen molar-refractivity contribution in [3.63, 3.8) is 0 Å². The van der Waals surface area contributed by atoms with Gasteiger partial charge in [0.1, 0.15) is 5.75 Å². The minimum Gasteiger partial charge on any atom is -0.493 e. The monoisotopic (exact) mass is 215 g/mol. The van der Waals surface area contributed by atoms with Gasteiger partial charge in [0, 0.05) is 23.9 Å². The first-order valence-corrected chi connectivity index (χ1v) is 5.22. The maximum Gasteiger partial charge on any atom is 0.182 e. The molecule has 0 atom stereocenters. The van der Waals surface area contributed by atoms with Crippen molar-refractivity contribution in [3.05, 3.63) is 52.8 Å². The van der Waals surface area contributed by atoms with Crippen molar-refractivity contribution in [2.45, 2.75) is 6.92 Å². The minimum absolute atomic E-state index is 0.0138. The number of para-hydroxylation sites is 1. The van der Waals surface area contributed by atoms with E-state index in [1.165, 1.54) is 6.07 Å². The van der Waals surface area contributed by atoms with Crippen molar-refractivity contribution in [2.24, 2.45) is 0 Å². The predicted molar refractivity (Wildman–Crippen MR) is 63.7 cm³/mol. The maximum absolute atomic E-state index is 11.3. The van der Waals surface area contributed by atoms with E-state index >= 15 is 0 Å². The highest BCUT2D eigenvalue weighted by atomic mass is 16.5. The molecule has 0 spiro atoms. The summed E-state index contributed by atoms with van der Waals surface area (Å²) in [7, 11) is 0. The van der Waals surface area contributed by atoms with Crippen molar-refractivity contribution in [3.8, 4) is 17.0 Å². The summed E-state index contributed by atoms with van der Waals surface area (Å²) >= 11 is 0. The maximum atomic E-state index is 11.3. The van der Waals surface area contributed by atoms with Gasteiger partial charge in [0.2, 0.25) is 0 Å². The molecule has 16 heavy (non-hydrogen) atoms. The smallest absolute Gasteiger partial charge is 0.182 e. The number of hydrogen-bond acceptors (Lipinski definition) is 2. The average molecular weight is 215 g/mol. The summed E-state index contributed by atoms with van der Waals surface area (Å²) in [6.45, 7) is 2.54. The Morgan fingerprint density at radius 3 is 2.81 bits per heavy atom. The summed E-state index contributed by atoms with van der Waals surface area (Å²) in [6, 6.07) is 10.7. The highest BCUT2D eigenvalue weighted by molar-refractivity contribution is 5.66. The van der Waals surface area contributed by atoms with Crippen LogP contribution in [0.1, 0.15) is 6.92 Å². The number of aromatic amines is 1. The Bertz CT molecular complexity index is 531. The van der Waals surface area contributed by atoms with E-state index in [0.29, 0.717) is 6.61 Å². The van der Waals surface area contributed by atoms with Crippen LogP contribution < -0.4 is 10.2 Å². The molecule has 82 valence electrons. The third kappa shape index (κ3) is 2.14. The zero-order valence-electron chi connectivity index (χ0n) is 9.07. The lowest BCUT2D eigenvalue weighted by Crippen LogP contribution is -2.00. The molecule has 0 bridgehead atoms. The third-order valence-corrected chi connectivity index (χ3v) is 2.25. The Balaban J connectivity index is 2.51. The van der Waals surface area contributed by atoms with Crippen LogP contribution in [-0.4, -0.2) is 11.6 Å². The summed E-state index contributed by atoms with van der Waals surface area (Å²) in [5.74, 6) is 0.784. The van der Waals surface area contributed by atoms with Crippen LogP contribution in [0.25, 0.3) is 11.3 Å². The lowest BCUT2D eigenvalue weighted by Gasteiger charge is -2.09. The Hall–Kier alpha value is -2.03. The molecule has 0 aliphatic rings. The first-order chi connectivity index (χ1) is 7.81. The van der Waals surface area contributed by atoms with E-state index in [0.717, 1.165) is 17.0 Å². The largest absolute Gasteiger partial charge is 0.493 e. The van der Waals surface area contributed by atoms with Gasteiger partial charge in [0.15, 0.2) is 5.43 Å². The van der Waals surface area contributed by atoms with Gasteiger partial charge in [-0.15, -0.1) is 0 Å². The van der Waals surface area contributed by atoms with Gasteiger partial charge in [-0.25, -0.2) is 0 Å². The molecule has 0 saturated heterocycles. The van der Waals surface area contributed by atoms with Crippen LogP contribution in [-0.2, 0) is 0 Å². The van der Waals surface area contributed by atoms with Crippen LogP contribution in [0.3, 0.4) is 0 Å². The van der Waals surface area contributed by atoms with E-state index < -0.39 is 0 Å². The Morgan fingerprint density at radius 1 is 1.25 bits per heavy atom. The number of benzene rings is 1. The van der Waals surface area contributed by atoms with E-state index in [-0.39, 0.29) is 5.43 Å². The third-order valence-electron chi connectivity index (χ3n) is 2.25. The zero-order chi connectivity index (χ0) is 11.4. The second-order valence-electron chi connectivity index (χ2n) is 3.37. The number of hydrogen-bond donors (Lipinski definition) is 1. The summed E-state index contributed by atoms with van der Waals surface area (Å²) in [5.41, 5.74) is 1.67. The number of ether oxygens (including phenoxy) is 1. The Kier molecular flexibility index (Phi) is 3.05. The second kappa shape index (κ2) is 4.66. The predicted octanol–water partition coefficient (Wildman–Crippen LogP) is 2.44. The highest BCUT2D eigenvalue weighted by Crippen LogP contribution is 2.27. The highest BCUT2D eigenvalue weighted by Gasteiger charge is 2.05. The molecule has 2 rings (SSSR count). The lowest BCUT2D eigenvalue weighted by atomic mass is 10.1. The molecular weight excluding hydrogens is 202 g/mol. The van der Waals surface area contributed by atoms with Crippen molar-refractivity contribution in [2.75, 3.05) is 6.61 Å². The van der Waals surface area contributed by atoms with E-state index in [9.17, 15) is 4.79 Å². The number of pyridine rings is 1. The van der Waals surface area contributed by atoms with Crippen LogP contribution in [0.15, 0.2) is 47.4 Å². The normalized spacial score (nSPS) is 10.1. The number of H-pyrrole nitrogens is 1. The second-order valence-corrected chi connectivity index (χ2v) is 3.37. The zero-order valence-corrected chi connectivity index (χ0v) is 9.07. The molecule has 1 N–H and O–H groups in total. The molecule has 0 fully saturated rings. The van der Waals surface area contributed by atoms with Crippen LogP contribution in [0.5, 0.6) is 5.75 Å².